The van der Waals surface area contributed by atoms with E-state index in [1.54, 1.807) is 6.07 Å². The Morgan fingerprint density at radius 2 is 1.77 bits per heavy atom. The summed E-state index contributed by atoms with van der Waals surface area (Å²) in [7, 11) is 0. The van der Waals surface area contributed by atoms with Crippen LogP contribution in [0.15, 0.2) is 22.7 Å². The fraction of sp³-hybridized carbons (Fsp3) is 0.600. The molecular weight excluding hydrogens is 401 g/mol. The first-order chi connectivity index (χ1) is 12.4. The van der Waals surface area contributed by atoms with Gasteiger partial charge in [0.1, 0.15) is 5.82 Å². The van der Waals surface area contributed by atoms with Crippen LogP contribution < -0.4 is 5.32 Å². The normalized spacial score (nSPS) is 31.7. The van der Waals surface area contributed by atoms with Crippen LogP contribution in [0.5, 0.6) is 0 Å². The second-order valence-electron chi connectivity index (χ2n) is 8.43. The smallest absolute Gasteiger partial charge is 0.306 e. The van der Waals surface area contributed by atoms with E-state index >= 15 is 0 Å². The van der Waals surface area contributed by atoms with Crippen LogP contribution in [0.1, 0.15) is 44.9 Å². The van der Waals surface area contributed by atoms with E-state index in [9.17, 15) is 14.0 Å². The molecule has 4 saturated carbocycles. The van der Waals surface area contributed by atoms with Gasteiger partial charge in [-0.05, 0) is 79.9 Å². The van der Waals surface area contributed by atoms with Gasteiger partial charge < -0.3 is 10.1 Å². The van der Waals surface area contributed by atoms with Gasteiger partial charge in [-0.15, -0.1) is 0 Å². The molecule has 4 aliphatic carbocycles. The molecule has 0 radical (unpaired) electrons. The van der Waals surface area contributed by atoms with Gasteiger partial charge in [-0.3, -0.25) is 9.59 Å². The van der Waals surface area contributed by atoms with Crippen molar-refractivity contribution in [1.82, 2.24) is 0 Å². The van der Waals surface area contributed by atoms with Crippen molar-refractivity contribution in [2.45, 2.75) is 44.9 Å². The summed E-state index contributed by atoms with van der Waals surface area (Å²) in [6.07, 6.45) is 7.79. The molecule has 0 heterocycles. The summed E-state index contributed by atoms with van der Waals surface area (Å²) in [5.41, 5.74) is 0.176. The summed E-state index contributed by atoms with van der Waals surface area (Å²) in [5.74, 6) is 0.962. The number of rotatable bonds is 5. The summed E-state index contributed by atoms with van der Waals surface area (Å²) in [6, 6.07) is 4.38. The fourth-order valence-corrected chi connectivity index (χ4v) is 6.12. The van der Waals surface area contributed by atoms with E-state index < -0.39 is 11.7 Å². The first kappa shape index (κ1) is 18.0. The number of amides is 1. The summed E-state index contributed by atoms with van der Waals surface area (Å²) in [4.78, 5) is 24.3. The third-order valence-corrected chi connectivity index (χ3v) is 6.75. The minimum absolute atomic E-state index is 0.0790. The number of esters is 1. The molecule has 140 valence electrons. The molecule has 1 amide bonds. The molecule has 0 aliphatic heterocycles. The van der Waals surface area contributed by atoms with Crippen LogP contribution in [0.3, 0.4) is 0 Å². The number of hydrogen-bond donors (Lipinski definition) is 1. The maximum Gasteiger partial charge on any atom is 0.306 e. The van der Waals surface area contributed by atoms with Gasteiger partial charge in [0.2, 0.25) is 0 Å². The Bertz CT molecular complexity index is 700. The average Bonchev–Trinajstić information content (AvgIpc) is 2.54. The van der Waals surface area contributed by atoms with Crippen LogP contribution in [0.2, 0.25) is 0 Å². The maximum absolute atomic E-state index is 13.7. The van der Waals surface area contributed by atoms with Crippen molar-refractivity contribution in [2.24, 2.45) is 23.2 Å². The maximum atomic E-state index is 13.7. The molecule has 0 atom stereocenters. The third kappa shape index (κ3) is 3.80. The van der Waals surface area contributed by atoms with Gasteiger partial charge in [-0.2, -0.15) is 0 Å². The van der Waals surface area contributed by atoms with E-state index in [1.807, 2.05) is 0 Å². The van der Waals surface area contributed by atoms with Crippen molar-refractivity contribution in [3.8, 4) is 0 Å². The number of nitrogens with one attached hydrogen (secondary N) is 1. The molecular formula is C20H23BrFNO3. The Balaban J connectivity index is 1.28. The second-order valence-corrected chi connectivity index (χ2v) is 9.34. The highest BCUT2D eigenvalue weighted by Crippen LogP contribution is 2.61. The van der Waals surface area contributed by atoms with E-state index in [2.05, 4.69) is 21.2 Å². The van der Waals surface area contributed by atoms with Crippen LogP contribution in [-0.2, 0) is 14.3 Å². The van der Waals surface area contributed by atoms with Crippen LogP contribution in [0.25, 0.3) is 0 Å². The summed E-state index contributed by atoms with van der Waals surface area (Å²) in [6.45, 7) is -0.374. The number of carbonyl (C=O) groups is 2. The first-order valence-electron chi connectivity index (χ1n) is 9.31. The quantitative estimate of drug-likeness (QED) is 0.699. The number of benzene rings is 1. The topological polar surface area (TPSA) is 55.4 Å². The minimum Gasteiger partial charge on any atom is -0.456 e. The molecule has 4 fully saturated rings. The Morgan fingerprint density at radius 1 is 1.15 bits per heavy atom. The van der Waals surface area contributed by atoms with Crippen molar-refractivity contribution in [2.75, 3.05) is 11.9 Å². The van der Waals surface area contributed by atoms with Crippen LogP contribution in [-0.4, -0.2) is 18.5 Å². The van der Waals surface area contributed by atoms with E-state index in [0.717, 1.165) is 37.0 Å². The second kappa shape index (κ2) is 6.95. The van der Waals surface area contributed by atoms with Crippen LogP contribution >= 0.6 is 15.9 Å². The Morgan fingerprint density at radius 3 is 2.35 bits per heavy atom. The highest BCUT2D eigenvalue weighted by atomic mass is 79.9. The van der Waals surface area contributed by atoms with Gasteiger partial charge in [-0.25, -0.2) is 4.39 Å². The lowest BCUT2D eigenvalue weighted by Gasteiger charge is -2.56. The number of ether oxygens (including phenoxy) is 1. The lowest BCUT2D eigenvalue weighted by Crippen LogP contribution is -2.47. The number of halogens is 2. The molecule has 5 rings (SSSR count). The zero-order valence-electron chi connectivity index (χ0n) is 14.6. The Labute approximate surface area is 161 Å². The molecule has 4 bridgehead atoms. The Hall–Kier alpha value is -1.43. The number of carbonyl (C=O) groups excluding carboxylic acids is 2. The molecule has 1 aromatic carbocycles. The van der Waals surface area contributed by atoms with E-state index in [-0.39, 0.29) is 23.7 Å². The van der Waals surface area contributed by atoms with Gasteiger partial charge >= 0.3 is 5.97 Å². The van der Waals surface area contributed by atoms with Crippen LogP contribution in [0, 0.1) is 29.0 Å². The van der Waals surface area contributed by atoms with Crippen molar-refractivity contribution >= 4 is 33.5 Å². The van der Waals surface area contributed by atoms with E-state index in [1.165, 1.54) is 31.4 Å². The molecule has 4 nitrogen and oxygen atoms in total. The standard InChI is InChI=1S/C20H23BrFNO3/c21-15-1-2-17(16(22)6-15)23-18(24)11-26-19(25)10-20-7-12-3-13(8-20)5-14(4-12)9-20/h1-2,6,12-14H,3-5,7-11H2,(H,23,24). The highest BCUT2D eigenvalue weighted by Gasteiger charge is 2.51. The van der Waals surface area contributed by atoms with E-state index in [0.29, 0.717) is 10.9 Å². The molecule has 1 N–H and O–H groups in total. The molecule has 0 spiro atoms. The van der Waals surface area contributed by atoms with Crippen molar-refractivity contribution in [1.29, 1.82) is 0 Å². The number of hydrogen-bond acceptors (Lipinski definition) is 3. The zero-order valence-corrected chi connectivity index (χ0v) is 16.2. The fourth-order valence-electron chi connectivity index (χ4n) is 5.79. The zero-order chi connectivity index (χ0) is 18.3. The van der Waals surface area contributed by atoms with Crippen molar-refractivity contribution in [3.63, 3.8) is 0 Å². The van der Waals surface area contributed by atoms with Crippen molar-refractivity contribution in [3.05, 3.63) is 28.5 Å². The average molecular weight is 424 g/mol. The van der Waals surface area contributed by atoms with Gasteiger partial charge in [0.15, 0.2) is 6.61 Å². The predicted molar refractivity (Wildman–Crippen MR) is 98.9 cm³/mol. The number of anilines is 1. The molecule has 26 heavy (non-hydrogen) atoms. The molecule has 0 unspecified atom stereocenters. The van der Waals surface area contributed by atoms with Gasteiger partial charge in [0, 0.05) is 4.47 Å². The molecule has 0 aromatic heterocycles. The lowest BCUT2D eigenvalue weighted by atomic mass is 9.49. The van der Waals surface area contributed by atoms with Gasteiger partial charge in [0.05, 0.1) is 12.1 Å². The minimum atomic E-state index is -0.535. The molecule has 1 aromatic rings. The van der Waals surface area contributed by atoms with Crippen molar-refractivity contribution < 1.29 is 18.7 Å². The third-order valence-electron chi connectivity index (χ3n) is 6.25. The van der Waals surface area contributed by atoms with E-state index in [4.69, 9.17) is 4.74 Å². The summed E-state index contributed by atoms with van der Waals surface area (Å²) in [5, 5.41) is 2.44. The Kier molecular flexibility index (Phi) is 4.80. The van der Waals surface area contributed by atoms with Gasteiger partial charge in [0.25, 0.3) is 5.91 Å². The first-order valence-corrected chi connectivity index (χ1v) is 10.1. The molecule has 6 heteroatoms. The predicted octanol–water partition coefficient (Wildman–Crippen LogP) is 4.68. The molecule has 0 saturated heterocycles. The molecule has 4 aliphatic rings. The SMILES string of the molecule is O=C(COC(=O)CC12CC3CC(CC(C3)C1)C2)Nc1ccc(Br)cc1F. The highest BCUT2D eigenvalue weighted by molar-refractivity contribution is 9.10. The lowest BCUT2D eigenvalue weighted by molar-refractivity contribution is -0.154. The largest absolute Gasteiger partial charge is 0.456 e. The van der Waals surface area contributed by atoms with Crippen LogP contribution in [0.4, 0.5) is 10.1 Å². The summed E-state index contributed by atoms with van der Waals surface area (Å²) < 4.78 is 19.5. The monoisotopic (exact) mass is 423 g/mol. The van der Waals surface area contributed by atoms with Gasteiger partial charge in [-0.1, -0.05) is 15.9 Å². The summed E-state index contributed by atoms with van der Waals surface area (Å²) >= 11 is 3.17.